The zero-order chi connectivity index (χ0) is 12.1. The van der Waals surface area contributed by atoms with Gasteiger partial charge in [-0.1, -0.05) is 18.2 Å². The number of ether oxygens (including phenoxy) is 2. The lowest BCUT2D eigenvalue weighted by Crippen LogP contribution is -2.03. The summed E-state index contributed by atoms with van der Waals surface area (Å²) >= 11 is 1.37. The van der Waals surface area contributed by atoms with Crippen LogP contribution in [0.1, 0.15) is 15.2 Å². The highest BCUT2D eigenvalue weighted by atomic mass is 32.1. The van der Waals surface area contributed by atoms with Gasteiger partial charge in [0.15, 0.2) is 0 Å². The highest BCUT2D eigenvalue weighted by Gasteiger charge is 2.07. The third-order valence-electron chi connectivity index (χ3n) is 2.23. The molecule has 0 saturated carbocycles. The summed E-state index contributed by atoms with van der Waals surface area (Å²) in [5.41, 5.74) is 0.911. The molecule has 0 aliphatic rings. The van der Waals surface area contributed by atoms with Crippen molar-refractivity contribution in [3.63, 3.8) is 0 Å². The molecule has 0 atom stereocenters. The molecular formula is C13H12O3S. The molecule has 0 aliphatic heterocycles. The molecule has 88 valence electrons. The number of esters is 1. The van der Waals surface area contributed by atoms with Crippen LogP contribution in [0.2, 0.25) is 0 Å². The van der Waals surface area contributed by atoms with Crippen LogP contribution < -0.4 is 4.74 Å². The minimum atomic E-state index is -0.289. The van der Waals surface area contributed by atoms with E-state index in [1.807, 2.05) is 35.7 Å². The van der Waals surface area contributed by atoms with Crippen LogP contribution in [0, 0.1) is 0 Å². The summed E-state index contributed by atoms with van der Waals surface area (Å²) in [5.74, 6) is 0.470. The molecule has 0 unspecified atom stereocenters. The van der Waals surface area contributed by atoms with Crippen molar-refractivity contribution in [3.8, 4) is 5.75 Å². The molecule has 0 spiro atoms. The summed E-state index contributed by atoms with van der Waals surface area (Å²) in [6.45, 7) is 0.258. The van der Waals surface area contributed by atoms with E-state index in [9.17, 15) is 4.79 Å². The van der Waals surface area contributed by atoms with Crippen molar-refractivity contribution in [3.05, 3.63) is 52.2 Å². The number of hydrogen-bond donors (Lipinski definition) is 0. The van der Waals surface area contributed by atoms with E-state index in [-0.39, 0.29) is 12.6 Å². The number of carbonyl (C=O) groups is 1. The van der Waals surface area contributed by atoms with Crippen LogP contribution in [0.5, 0.6) is 5.75 Å². The highest BCUT2D eigenvalue weighted by molar-refractivity contribution is 7.11. The lowest BCUT2D eigenvalue weighted by atomic mass is 10.2. The van der Waals surface area contributed by atoms with E-state index in [4.69, 9.17) is 9.47 Å². The summed E-state index contributed by atoms with van der Waals surface area (Å²) in [4.78, 5) is 12.2. The first-order chi connectivity index (χ1) is 8.29. The van der Waals surface area contributed by atoms with Crippen LogP contribution in [0.4, 0.5) is 0 Å². The van der Waals surface area contributed by atoms with Crippen LogP contribution in [-0.4, -0.2) is 13.1 Å². The average Bonchev–Trinajstić information content (AvgIpc) is 2.90. The van der Waals surface area contributed by atoms with E-state index >= 15 is 0 Å². The van der Waals surface area contributed by atoms with Gasteiger partial charge in [-0.05, 0) is 29.1 Å². The Morgan fingerprint density at radius 2 is 2.18 bits per heavy atom. The fourth-order valence-corrected chi connectivity index (χ4v) is 1.99. The van der Waals surface area contributed by atoms with Crippen LogP contribution in [0.15, 0.2) is 41.8 Å². The van der Waals surface area contributed by atoms with Crippen LogP contribution in [0.25, 0.3) is 0 Å². The predicted molar refractivity (Wildman–Crippen MR) is 66.4 cm³/mol. The summed E-state index contributed by atoms with van der Waals surface area (Å²) in [7, 11) is 1.61. The second-order valence-electron chi connectivity index (χ2n) is 3.40. The van der Waals surface area contributed by atoms with Gasteiger partial charge in [-0.3, -0.25) is 0 Å². The first-order valence-electron chi connectivity index (χ1n) is 5.13. The molecule has 0 bridgehead atoms. The molecule has 1 heterocycles. The first-order valence-corrected chi connectivity index (χ1v) is 6.01. The van der Waals surface area contributed by atoms with Crippen LogP contribution in [0.3, 0.4) is 0 Å². The van der Waals surface area contributed by atoms with Crippen molar-refractivity contribution in [2.24, 2.45) is 0 Å². The third-order valence-corrected chi connectivity index (χ3v) is 3.08. The molecule has 0 amide bonds. The van der Waals surface area contributed by atoms with Gasteiger partial charge in [-0.25, -0.2) is 4.79 Å². The number of rotatable bonds is 4. The number of carbonyl (C=O) groups excluding carboxylic acids is 1. The van der Waals surface area contributed by atoms with Gasteiger partial charge in [0.05, 0.1) is 7.11 Å². The number of thiophene rings is 1. The molecule has 1 aromatic carbocycles. The molecule has 4 heteroatoms. The first kappa shape index (κ1) is 11.7. The van der Waals surface area contributed by atoms with Gasteiger partial charge in [0.2, 0.25) is 0 Å². The Morgan fingerprint density at radius 1 is 1.29 bits per heavy atom. The summed E-state index contributed by atoms with van der Waals surface area (Å²) in [6.07, 6.45) is 0. The Hall–Kier alpha value is -1.81. The highest BCUT2D eigenvalue weighted by Crippen LogP contribution is 2.15. The zero-order valence-corrected chi connectivity index (χ0v) is 10.2. The van der Waals surface area contributed by atoms with Gasteiger partial charge < -0.3 is 9.47 Å². The van der Waals surface area contributed by atoms with Gasteiger partial charge in [-0.2, -0.15) is 0 Å². The molecule has 2 aromatic rings. The number of benzene rings is 1. The molecule has 1 aromatic heterocycles. The van der Waals surface area contributed by atoms with Crippen molar-refractivity contribution in [1.82, 2.24) is 0 Å². The van der Waals surface area contributed by atoms with E-state index < -0.39 is 0 Å². The monoisotopic (exact) mass is 248 g/mol. The molecular weight excluding hydrogens is 236 g/mol. The second-order valence-corrected chi connectivity index (χ2v) is 4.35. The van der Waals surface area contributed by atoms with Crippen LogP contribution in [-0.2, 0) is 11.3 Å². The molecule has 0 N–H and O–H groups in total. The molecule has 0 radical (unpaired) electrons. The van der Waals surface area contributed by atoms with E-state index in [0.29, 0.717) is 4.88 Å². The van der Waals surface area contributed by atoms with E-state index in [2.05, 4.69) is 0 Å². The average molecular weight is 248 g/mol. The SMILES string of the molecule is COc1cccc(COC(=O)c2cccs2)c1. The Balaban J connectivity index is 1.95. The van der Waals surface area contributed by atoms with Gasteiger partial charge in [0.25, 0.3) is 0 Å². The van der Waals surface area contributed by atoms with Gasteiger partial charge >= 0.3 is 5.97 Å². The van der Waals surface area contributed by atoms with Gasteiger partial charge in [0.1, 0.15) is 17.2 Å². The minimum Gasteiger partial charge on any atom is -0.497 e. The van der Waals surface area contributed by atoms with Crippen molar-refractivity contribution in [1.29, 1.82) is 0 Å². The standard InChI is InChI=1S/C13H12O3S/c1-15-11-5-2-4-10(8-11)9-16-13(14)12-6-3-7-17-12/h2-8H,9H2,1H3. The van der Waals surface area contributed by atoms with E-state index in [0.717, 1.165) is 11.3 Å². The normalized spacial score (nSPS) is 9.94. The van der Waals surface area contributed by atoms with Gasteiger partial charge in [0, 0.05) is 0 Å². The quantitative estimate of drug-likeness (QED) is 0.780. The van der Waals surface area contributed by atoms with Crippen molar-refractivity contribution in [2.75, 3.05) is 7.11 Å². The number of methoxy groups -OCH3 is 1. The lowest BCUT2D eigenvalue weighted by molar-refractivity contribution is 0.0478. The zero-order valence-electron chi connectivity index (χ0n) is 9.38. The topological polar surface area (TPSA) is 35.5 Å². The maximum Gasteiger partial charge on any atom is 0.348 e. The molecule has 0 aliphatic carbocycles. The summed E-state index contributed by atoms with van der Waals surface area (Å²) < 4.78 is 10.3. The Bertz CT molecular complexity index is 491. The van der Waals surface area contributed by atoms with Crippen molar-refractivity contribution < 1.29 is 14.3 Å². The van der Waals surface area contributed by atoms with Gasteiger partial charge in [-0.15, -0.1) is 11.3 Å². The second kappa shape index (κ2) is 5.50. The van der Waals surface area contributed by atoms with E-state index in [1.165, 1.54) is 11.3 Å². The smallest absolute Gasteiger partial charge is 0.348 e. The minimum absolute atomic E-state index is 0.258. The lowest BCUT2D eigenvalue weighted by Gasteiger charge is -2.05. The Labute approximate surface area is 104 Å². The Morgan fingerprint density at radius 3 is 2.88 bits per heavy atom. The molecule has 2 rings (SSSR count). The molecule has 0 saturated heterocycles. The largest absolute Gasteiger partial charge is 0.497 e. The maximum absolute atomic E-state index is 11.6. The number of hydrogen-bond acceptors (Lipinski definition) is 4. The van der Waals surface area contributed by atoms with Crippen LogP contribution >= 0.6 is 11.3 Å². The third kappa shape index (κ3) is 3.07. The fourth-order valence-electron chi connectivity index (χ4n) is 1.38. The van der Waals surface area contributed by atoms with Crippen molar-refractivity contribution in [2.45, 2.75) is 6.61 Å². The maximum atomic E-state index is 11.6. The van der Waals surface area contributed by atoms with E-state index in [1.54, 1.807) is 13.2 Å². The fraction of sp³-hybridized carbons (Fsp3) is 0.154. The summed E-state index contributed by atoms with van der Waals surface area (Å²) in [6, 6.07) is 11.0. The molecule has 17 heavy (non-hydrogen) atoms. The summed E-state index contributed by atoms with van der Waals surface area (Å²) in [5, 5.41) is 1.85. The van der Waals surface area contributed by atoms with Crippen molar-refractivity contribution >= 4 is 17.3 Å². The Kier molecular flexibility index (Phi) is 3.77. The molecule has 0 fully saturated rings. The predicted octanol–water partition coefficient (Wildman–Crippen LogP) is 3.11. The molecule has 3 nitrogen and oxygen atoms in total.